The van der Waals surface area contributed by atoms with Crippen LogP contribution in [0.15, 0.2) is 30.3 Å². The third-order valence-corrected chi connectivity index (χ3v) is 2.78. The molecule has 1 aromatic carbocycles. The van der Waals surface area contributed by atoms with Gasteiger partial charge < -0.3 is 14.8 Å². The number of carbonyl (C=O) groups excluding carboxylic acids is 2. The van der Waals surface area contributed by atoms with Crippen molar-refractivity contribution >= 4 is 12.1 Å². The average molecular weight is 265 g/mol. The van der Waals surface area contributed by atoms with Crippen molar-refractivity contribution in [2.75, 3.05) is 13.7 Å². The molecule has 1 N–H and O–H groups in total. The highest BCUT2D eigenvalue weighted by molar-refractivity contribution is 5.75. The Kier molecular flexibility index (Phi) is 5.85. The zero-order chi connectivity index (χ0) is 14.3. The molecule has 1 aromatic rings. The molecule has 0 spiro atoms. The molecule has 0 aliphatic carbocycles. The lowest BCUT2D eigenvalue weighted by molar-refractivity contribution is -0.145. The molecule has 0 aromatic heterocycles. The van der Waals surface area contributed by atoms with Crippen LogP contribution < -0.4 is 5.32 Å². The summed E-state index contributed by atoms with van der Waals surface area (Å²) >= 11 is 0. The van der Waals surface area contributed by atoms with Crippen molar-refractivity contribution in [3.8, 4) is 0 Å². The lowest BCUT2D eigenvalue weighted by Crippen LogP contribution is -2.36. The van der Waals surface area contributed by atoms with Crippen molar-refractivity contribution < 1.29 is 19.1 Å². The third kappa shape index (κ3) is 4.28. The molecule has 0 radical (unpaired) electrons. The number of rotatable bonds is 5. The quantitative estimate of drug-likeness (QED) is 0.829. The maximum atomic E-state index is 11.7. The van der Waals surface area contributed by atoms with E-state index in [9.17, 15) is 9.59 Å². The van der Waals surface area contributed by atoms with Crippen molar-refractivity contribution in [2.24, 2.45) is 5.92 Å². The fraction of sp³-hybridized carbons (Fsp3) is 0.429. The average Bonchev–Trinajstić information content (AvgIpc) is 2.44. The van der Waals surface area contributed by atoms with E-state index in [-0.39, 0.29) is 12.6 Å². The zero-order valence-electron chi connectivity index (χ0n) is 11.4. The number of alkyl carbamates (subject to hydrolysis) is 1. The van der Waals surface area contributed by atoms with Gasteiger partial charge in [0.15, 0.2) is 0 Å². The fourth-order valence-electron chi connectivity index (χ4n) is 1.78. The minimum absolute atomic E-state index is 0.278. The molecule has 1 amide bonds. The molecule has 2 atom stereocenters. The number of nitrogens with one attached hydrogen (secondary N) is 1. The number of esters is 1. The van der Waals surface area contributed by atoms with E-state index in [2.05, 4.69) is 5.32 Å². The van der Waals surface area contributed by atoms with Crippen molar-refractivity contribution in [3.63, 3.8) is 0 Å². The Morgan fingerprint density at radius 3 is 2.42 bits per heavy atom. The Labute approximate surface area is 112 Å². The van der Waals surface area contributed by atoms with Gasteiger partial charge in [-0.1, -0.05) is 30.3 Å². The number of carbonyl (C=O) groups is 2. The summed E-state index contributed by atoms with van der Waals surface area (Å²) in [5.41, 5.74) is 0.827. The SMILES string of the molecule is CCOC(=O)N[C@H](c1ccccc1)[C@H](C)C(=O)OC. The zero-order valence-corrected chi connectivity index (χ0v) is 11.4. The van der Waals surface area contributed by atoms with Crippen LogP contribution in [0, 0.1) is 5.92 Å². The van der Waals surface area contributed by atoms with E-state index in [0.717, 1.165) is 5.56 Å². The summed E-state index contributed by atoms with van der Waals surface area (Å²) in [6.45, 7) is 3.70. The highest BCUT2D eigenvalue weighted by Gasteiger charge is 2.28. The molecule has 0 heterocycles. The van der Waals surface area contributed by atoms with E-state index in [1.165, 1.54) is 7.11 Å². The van der Waals surface area contributed by atoms with Gasteiger partial charge in [0, 0.05) is 0 Å². The summed E-state index contributed by atoms with van der Waals surface area (Å²) in [5, 5.41) is 2.69. The standard InChI is InChI=1S/C14H19NO4/c1-4-19-14(17)15-12(10(2)13(16)18-3)11-8-6-5-7-9-11/h5-10,12H,4H2,1-3H3,(H,15,17)/t10-,12-/m0/s1. The topological polar surface area (TPSA) is 64.6 Å². The summed E-state index contributed by atoms with van der Waals surface area (Å²) in [5.74, 6) is -0.887. The van der Waals surface area contributed by atoms with Crippen LogP contribution in [0.1, 0.15) is 25.5 Å². The van der Waals surface area contributed by atoms with Crippen LogP contribution in [0.2, 0.25) is 0 Å². The highest BCUT2D eigenvalue weighted by Crippen LogP contribution is 2.23. The lowest BCUT2D eigenvalue weighted by atomic mass is 9.95. The molecule has 5 heteroatoms. The van der Waals surface area contributed by atoms with Crippen molar-refractivity contribution in [1.82, 2.24) is 5.32 Å². The molecule has 1 rings (SSSR count). The number of benzene rings is 1. The van der Waals surface area contributed by atoms with Crippen LogP contribution in [0.3, 0.4) is 0 Å². The van der Waals surface area contributed by atoms with Gasteiger partial charge in [0.25, 0.3) is 0 Å². The summed E-state index contributed by atoms with van der Waals surface area (Å²) in [6, 6.07) is 8.77. The van der Waals surface area contributed by atoms with Gasteiger partial charge in [-0.2, -0.15) is 0 Å². The minimum atomic E-state index is -0.549. The van der Waals surface area contributed by atoms with Crippen LogP contribution in [0.5, 0.6) is 0 Å². The molecule has 0 fully saturated rings. The van der Waals surface area contributed by atoms with E-state index in [1.54, 1.807) is 13.8 Å². The number of amides is 1. The van der Waals surface area contributed by atoms with Gasteiger partial charge in [-0.25, -0.2) is 4.79 Å². The Morgan fingerprint density at radius 2 is 1.89 bits per heavy atom. The van der Waals surface area contributed by atoms with E-state index in [0.29, 0.717) is 0 Å². The number of hydrogen-bond acceptors (Lipinski definition) is 4. The lowest BCUT2D eigenvalue weighted by Gasteiger charge is -2.23. The summed E-state index contributed by atoms with van der Waals surface area (Å²) in [7, 11) is 1.32. The van der Waals surface area contributed by atoms with E-state index >= 15 is 0 Å². The molecule has 0 aliphatic rings. The second-order valence-corrected chi connectivity index (χ2v) is 4.06. The predicted molar refractivity (Wildman–Crippen MR) is 70.5 cm³/mol. The first-order chi connectivity index (χ1) is 9.10. The molecule has 0 bridgehead atoms. The molecule has 19 heavy (non-hydrogen) atoms. The first kappa shape index (κ1) is 15.0. The van der Waals surface area contributed by atoms with Gasteiger partial charge in [0.1, 0.15) is 0 Å². The van der Waals surface area contributed by atoms with E-state index in [4.69, 9.17) is 9.47 Å². The van der Waals surface area contributed by atoms with Gasteiger partial charge in [0.2, 0.25) is 0 Å². The van der Waals surface area contributed by atoms with Gasteiger partial charge in [-0.3, -0.25) is 4.79 Å². The van der Waals surface area contributed by atoms with Gasteiger partial charge >= 0.3 is 12.1 Å². The van der Waals surface area contributed by atoms with Crippen molar-refractivity contribution in [3.05, 3.63) is 35.9 Å². The maximum absolute atomic E-state index is 11.7. The second-order valence-electron chi connectivity index (χ2n) is 4.06. The molecular weight excluding hydrogens is 246 g/mol. The van der Waals surface area contributed by atoms with Crippen molar-refractivity contribution in [2.45, 2.75) is 19.9 Å². The molecular formula is C14H19NO4. The van der Waals surface area contributed by atoms with Crippen molar-refractivity contribution in [1.29, 1.82) is 0 Å². The molecule has 0 aliphatic heterocycles. The van der Waals surface area contributed by atoms with Crippen LogP contribution in [0.4, 0.5) is 4.79 Å². The molecule has 0 saturated carbocycles. The Morgan fingerprint density at radius 1 is 1.26 bits per heavy atom. The molecule has 5 nitrogen and oxygen atoms in total. The molecule has 0 unspecified atom stereocenters. The van der Waals surface area contributed by atoms with Crippen LogP contribution in [0.25, 0.3) is 0 Å². The Hall–Kier alpha value is -2.04. The van der Waals surface area contributed by atoms with Gasteiger partial charge in [-0.05, 0) is 19.4 Å². The minimum Gasteiger partial charge on any atom is -0.469 e. The fourth-order valence-corrected chi connectivity index (χ4v) is 1.78. The smallest absolute Gasteiger partial charge is 0.407 e. The predicted octanol–water partition coefficient (Wildman–Crippen LogP) is 2.28. The van der Waals surface area contributed by atoms with E-state index < -0.39 is 18.1 Å². The van der Waals surface area contributed by atoms with Gasteiger partial charge in [0.05, 0.1) is 25.7 Å². The van der Waals surface area contributed by atoms with Crippen LogP contribution >= 0.6 is 0 Å². The summed E-state index contributed by atoms with van der Waals surface area (Å²) in [6.07, 6.45) is -0.549. The molecule has 104 valence electrons. The first-order valence-corrected chi connectivity index (χ1v) is 6.16. The summed E-state index contributed by atoms with van der Waals surface area (Å²) in [4.78, 5) is 23.2. The monoisotopic (exact) mass is 265 g/mol. The van der Waals surface area contributed by atoms with Gasteiger partial charge in [-0.15, -0.1) is 0 Å². The number of hydrogen-bond donors (Lipinski definition) is 1. The number of ether oxygens (including phenoxy) is 2. The van der Waals surface area contributed by atoms with E-state index in [1.807, 2.05) is 30.3 Å². The Balaban J connectivity index is 2.91. The third-order valence-electron chi connectivity index (χ3n) is 2.78. The first-order valence-electron chi connectivity index (χ1n) is 6.16. The Bertz CT molecular complexity index is 419. The maximum Gasteiger partial charge on any atom is 0.407 e. The highest BCUT2D eigenvalue weighted by atomic mass is 16.5. The summed E-state index contributed by atoms with van der Waals surface area (Å²) < 4.78 is 9.58. The molecule has 0 saturated heterocycles. The number of methoxy groups -OCH3 is 1. The second kappa shape index (κ2) is 7.41. The largest absolute Gasteiger partial charge is 0.469 e. The van der Waals surface area contributed by atoms with Crippen LogP contribution in [-0.2, 0) is 14.3 Å². The normalized spacial score (nSPS) is 13.2. The van der Waals surface area contributed by atoms with Crippen LogP contribution in [-0.4, -0.2) is 25.8 Å².